The Balaban J connectivity index is 0.00000645. The molecule has 6 heteroatoms. The van der Waals surface area contributed by atoms with Gasteiger partial charge < -0.3 is 15.0 Å². The molecule has 2 aromatic rings. The summed E-state index contributed by atoms with van der Waals surface area (Å²) in [6.07, 6.45) is 18.6. The molecule has 0 spiro atoms. The van der Waals surface area contributed by atoms with E-state index >= 15 is 0 Å². The van der Waals surface area contributed by atoms with Crippen molar-refractivity contribution in [2.75, 3.05) is 17.8 Å². The number of rotatable bonds is 19. The minimum absolute atomic E-state index is 0. The summed E-state index contributed by atoms with van der Waals surface area (Å²) in [7, 11) is 0. The summed E-state index contributed by atoms with van der Waals surface area (Å²) in [6.45, 7) is 12.7. The molecule has 0 aromatic heterocycles. The average Bonchev–Trinajstić information content (AvgIpc) is 3.36. The second-order valence-corrected chi connectivity index (χ2v) is 14.2. The Bertz CT molecular complexity index is 1110. The van der Waals surface area contributed by atoms with Crippen LogP contribution in [0.1, 0.15) is 128 Å². The standard InChI is InChI=1S/C37H56N2O2S.BrH/c1-6-7-8-9-10-11-12-13-14-15-16-17-24-41-35-25-32(20-23-34(35)37(3,4)5)26-36(40)38-33-21-18-31(19-22-33)28-39-27-30(2)42-29-39;/h18-23,25,27H,6-17,24,26,28-29H2,1-5H3,(H,38,40);1H. The van der Waals surface area contributed by atoms with Crippen molar-refractivity contribution in [1.29, 1.82) is 0 Å². The summed E-state index contributed by atoms with van der Waals surface area (Å²) in [5.41, 5.74) is 4.24. The molecule has 0 radical (unpaired) electrons. The molecular weight excluding hydrogens is 616 g/mol. The number of allylic oxidation sites excluding steroid dienone is 1. The highest BCUT2D eigenvalue weighted by Gasteiger charge is 2.20. The monoisotopic (exact) mass is 672 g/mol. The maximum Gasteiger partial charge on any atom is 0.228 e. The lowest BCUT2D eigenvalue weighted by Gasteiger charge is -2.23. The van der Waals surface area contributed by atoms with Crippen LogP contribution in [-0.2, 0) is 23.2 Å². The van der Waals surface area contributed by atoms with E-state index in [-0.39, 0.29) is 28.3 Å². The zero-order valence-corrected chi connectivity index (χ0v) is 30.0. The normalized spacial score (nSPS) is 13.0. The summed E-state index contributed by atoms with van der Waals surface area (Å²) in [5, 5.41) is 3.07. The molecule has 1 N–H and O–H groups in total. The lowest BCUT2D eigenvalue weighted by atomic mass is 9.85. The molecule has 1 aliphatic heterocycles. The van der Waals surface area contributed by atoms with Crippen LogP contribution in [-0.4, -0.2) is 23.3 Å². The van der Waals surface area contributed by atoms with Gasteiger partial charge in [-0.1, -0.05) is 123 Å². The Kier molecular flexibility index (Phi) is 17.5. The minimum atomic E-state index is -0.0172. The molecule has 1 amide bonds. The summed E-state index contributed by atoms with van der Waals surface area (Å²) < 4.78 is 6.33. The van der Waals surface area contributed by atoms with Crippen molar-refractivity contribution in [1.82, 2.24) is 4.90 Å². The lowest BCUT2D eigenvalue weighted by Crippen LogP contribution is -2.17. The molecule has 0 saturated heterocycles. The number of carbonyl (C=O) groups is 1. The molecule has 3 rings (SSSR count). The van der Waals surface area contributed by atoms with Gasteiger partial charge in [-0.2, -0.15) is 0 Å². The van der Waals surface area contributed by atoms with Gasteiger partial charge in [-0.25, -0.2) is 0 Å². The zero-order valence-electron chi connectivity index (χ0n) is 27.5. The van der Waals surface area contributed by atoms with Gasteiger partial charge in [0.15, 0.2) is 0 Å². The number of anilines is 1. The van der Waals surface area contributed by atoms with E-state index in [0.717, 1.165) is 42.4 Å². The molecule has 1 heterocycles. The third kappa shape index (κ3) is 14.6. The van der Waals surface area contributed by atoms with Crippen molar-refractivity contribution in [3.05, 3.63) is 70.3 Å². The van der Waals surface area contributed by atoms with E-state index in [1.807, 2.05) is 23.9 Å². The Morgan fingerprint density at radius 3 is 2.00 bits per heavy atom. The van der Waals surface area contributed by atoms with Gasteiger partial charge >= 0.3 is 0 Å². The molecule has 2 aromatic carbocycles. The SMILES string of the molecule is Br.CCCCCCCCCCCCCCOc1cc(CC(=O)Nc2ccc(CN3C=C(C)SC3)cc2)ccc1C(C)(C)C. The van der Waals surface area contributed by atoms with Gasteiger partial charge in [0.2, 0.25) is 5.91 Å². The van der Waals surface area contributed by atoms with Crippen molar-refractivity contribution in [2.24, 2.45) is 0 Å². The number of ether oxygens (including phenoxy) is 1. The van der Waals surface area contributed by atoms with Gasteiger partial charge in [-0.3, -0.25) is 4.79 Å². The minimum Gasteiger partial charge on any atom is -0.493 e. The van der Waals surface area contributed by atoms with Crippen LogP contribution >= 0.6 is 28.7 Å². The largest absolute Gasteiger partial charge is 0.493 e. The van der Waals surface area contributed by atoms with Crippen LogP contribution in [0.25, 0.3) is 0 Å². The van der Waals surface area contributed by atoms with E-state index in [1.165, 1.54) is 86.7 Å². The van der Waals surface area contributed by atoms with Gasteiger partial charge in [0.05, 0.1) is 18.9 Å². The summed E-state index contributed by atoms with van der Waals surface area (Å²) in [4.78, 5) is 16.6. The lowest BCUT2D eigenvalue weighted by molar-refractivity contribution is -0.115. The number of benzene rings is 2. The van der Waals surface area contributed by atoms with Crippen LogP contribution in [0.2, 0.25) is 0 Å². The highest BCUT2D eigenvalue weighted by atomic mass is 79.9. The molecule has 0 atom stereocenters. The number of carbonyl (C=O) groups excluding carboxylic acids is 1. The van der Waals surface area contributed by atoms with Crippen molar-refractivity contribution in [2.45, 2.75) is 130 Å². The second kappa shape index (κ2) is 20.2. The first kappa shape index (κ1) is 37.3. The molecule has 0 bridgehead atoms. The number of nitrogens with zero attached hydrogens (tertiary/aromatic N) is 1. The van der Waals surface area contributed by atoms with E-state index < -0.39 is 0 Å². The fourth-order valence-corrected chi connectivity index (χ4v) is 6.23. The smallest absolute Gasteiger partial charge is 0.228 e. The van der Waals surface area contributed by atoms with E-state index in [1.54, 1.807) is 0 Å². The molecule has 240 valence electrons. The Morgan fingerprint density at radius 1 is 0.860 bits per heavy atom. The van der Waals surface area contributed by atoms with Gasteiger partial charge in [0.1, 0.15) is 5.75 Å². The van der Waals surface area contributed by atoms with Gasteiger partial charge in [-0.05, 0) is 58.6 Å². The van der Waals surface area contributed by atoms with Crippen LogP contribution in [0.3, 0.4) is 0 Å². The van der Waals surface area contributed by atoms with Crippen LogP contribution in [0, 0.1) is 0 Å². The molecule has 43 heavy (non-hydrogen) atoms. The van der Waals surface area contributed by atoms with Gasteiger partial charge in [0, 0.05) is 18.4 Å². The number of thioether (sulfide) groups is 1. The maximum atomic E-state index is 12.9. The van der Waals surface area contributed by atoms with Crippen LogP contribution in [0.5, 0.6) is 5.75 Å². The Hall–Kier alpha value is -1.92. The molecule has 0 unspecified atom stereocenters. The number of nitrogens with one attached hydrogen (secondary N) is 1. The first-order valence-corrected chi connectivity index (χ1v) is 17.4. The number of unbranched alkanes of at least 4 members (excludes halogenated alkanes) is 11. The maximum absolute atomic E-state index is 12.9. The van der Waals surface area contributed by atoms with Crippen molar-refractivity contribution < 1.29 is 9.53 Å². The third-order valence-electron chi connectivity index (χ3n) is 7.92. The topological polar surface area (TPSA) is 41.6 Å². The molecule has 1 aliphatic rings. The highest BCUT2D eigenvalue weighted by molar-refractivity contribution is 8.93. The van der Waals surface area contributed by atoms with Gasteiger partial charge in [0.25, 0.3) is 0 Å². The Morgan fingerprint density at radius 2 is 1.44 bits per heavy atom. The number of amides is 1. The van der Waals surface area contributed by atoms with E-state index in [2.05, 4.69) is 81.4 Å². The number of hydrogen-bond donors (Lipinski definition) is 1. The average molecular weight is 674 g/mol. The van der Waals surface area contributed by atoms with Crippen molar-refractivity contribution >= 4 is 40.3 Å². The zero-order chi connectivity index (χ0) is 30.2. The van der Waals surface area contributed by atoms with Crippen LogP contribution in [0.15, 0.2) is 53.6 Å². The fourth-order valence-electron chi connectivity index (χ4n) is 5.47. The third-order valence-corrected chi connectivity index (χ3v) is 8.94. The van der Waals surface area contributed by atoms with Crippen LogP contribution in [0.4, 0.5) is 5.69 Å². The Labute approximate surface area is 277 Å². The number of hydrogen-bond acceptors (Lipinski definition) is 4. The highest BCUT2D eigenvalue weighted by Crippen LogP contribution is 2.33. The van der Waals surface area contributed by atoms with Gasteiger partial charge in [-0.15, -0.1) is 28.7 Å². The van der Waals surface area contributed by atoms with Crippen molar-refractivity contribution in [3.8, 4) is 5.75 Å². The predicted octanol–water partition coefficient (Wildman–Crippen LogP) is 11.2. The van der Waals surface area contributed by atoms with E-state index in [4.69, 9.17) is 4.74 Å². The second-order valence-electron chi connectivity index (χ2n) is 13.0. The molecule has 0 aliphatic carbocycles. The molecule has 0 saturated carbocycles. The summed E-state index contributed by atoms with van der Waals surface area (Å²) >= 11 is 1.87. The summed E-state index contributed by atoms with van der Waals surface area (Å²) in [6, 6.07) is 14.5. The molecule has 4 nitrogen and oxygen atoms in total. The van der Waals surface area contributed by atoms with E-state index in [0.29, 0.717) is 6.42 Å². The molecule has 0 fully saturated rings. The predicted molar refractivity (Wildman–Crippen MR) is 193 cm³/mol. The fraction of sp³-hybridized carbons (Fsp3) is 0.595. The number of halogens is 1. The quantitative estimate of drug-likeness (QED) is 0.151. The van der Waals surface area contributed by atoms with E-state index in [9.17, 15) is 4.79 Å². The van der Waals surface area contributed by atoms with Crippen molar-refractivity contribution in [3.63, 3.8) is 0 Å². The molecular formula is C37H57BrN2O2S. The summed E-state index contributed by atoms with van der Waals surface area (Å²) in [5.74, 6) is 1.92. The van der Waals surface area contributed by atoms with Crippen LogP contribution < -0.4 is 10.1 Å². The first-order chi connectivity index (χ1) is 20.2. The first-order valence-electron chi connectivity index (χ1n) is 16.4.